The van der Waals surface area contributed by atoms with Crippen LogP contribution in [0.5, 0.6) is 0 Å². The Bertz CT molecular complexity index is 395. The van der Waals surface area contributed by atoms with E-state index in [0.29, 0.717) is 12.3 Å². The summed E-state index contributed by atoms with van der Waals surface area (Å²) in [5, 5.41) is 9.21. The highest BCUT2D eigenvalue weighted by atomic mass is 16.4. The monoisotopic (exact) mass is 250 g/mol. The van der Waals surface area contributed by atoms with E-state index in [1.807, 2.05) is 0 Å². The molecule has 3 nitrogen and oxygen atoms in total. The lowest BCUT2D eigenvalue weighted by molar-refractivity contribution is -0.693. The van der Waals surface area contributed by atoms with Gasteiger partial charge < -0.3 is 5.11 Å². The molecule has 0 aliphatic rings. The van der Waals surface area contributed by atoms with E-state index in [2.05, 4.69) is 42.9 Å². The quantitative estimate of drug-likeness (QED) is 0.789. The van der Waals surface area contributed by atoms with Gasteiger partial charge in [0.1, 0.15) is 6.54 Å². The first-order valence-corrected chi connectivity index (χ1v) is 6.63. The number of carbonyl (C=O) groups is 1. The number of carboxylic acid groups (broad SMARTS) is 1. The minimum atomic E-state index is -0.722. The molecule has 0 spiro atoms. The van der Waals surface area contributed by atoms with Crippen LogP contribution in [0, 0.1) is 5.41 Å². The van der Waals surface area contributed by atoms with Gasteiger partial charge in [0.2, 0.25) is 0 Å². The Balaban J connectivity index is 2.86. The van der Waals surface area contributed by atoms with Crippen molar-refractivity contribution < 1.29 is 14.5 Å². The summed E-state index contributed by atoms with van der Waals surface area (Å²) in [6.07, 6.45) is 5.76. The summed E-state index contributed by atoms with van der Waals surface area (Å²) in [6.45, 7) is 8.77. The van der Waals surface area contributed by atoms with Crippen molar-refractivity contribution in [3.05, 3.63) is 30.1 Å². The van der Waals surface area contributed by atoms with Crippen molar-refractivity contribution in [1.29, 1.82) is 0 Å². The van der Waals surface area contributed by atoms with Crippen LogP contribution in [0.4, 0.5) is 0 Å². The fourth-order valence-corrected chi connectivity index (χ4v) is 2.15. The van der Waals surface area contributed by atoms with Crippen molar-refractivity contribution >= 4 is 5.97 Å². The molecular formula is C15H24NO2+. The smallest absolute Gasteiger partial charge is 0.309 e. The minimum absolute atomic E-state index is 0.308. The lowest BCUT2D eigenvalue weighted by atomic mass is 9.79. The van der Waals surface area contributed by atoms with Crippen LogP contribution in [-0.2, 0) is 11.3 Å². The van der Waals surface area contributed by atoms with Crippen LogP contribution in [-0.4, -0.2) is 11.1 Å². The molecule has 0 radical (unpaired) electrons. The van der Waals surface area contributed by atoms with Crippen molar-refractivity contribution in [3.63, 3.8) is 0 Å². The Morgan fingerprint density at radius 2 is 1.89 bits per heavy atom. The average molecular weight is 250 g/mol. The molecule has 1 rings (SSSR count). The molecule has 1 aromatic rings. The van der Waals surface area contributed by atoms with Gasteiger partial charge in [0.05, 0.1) is 5.41 Å². The molecule has 1 heterocycles. The van der Waals surface area contributed by atoms with Gasteiger partial charge in [0.25, 0.3) is 0 Å². The highest BCUT2D eigenvalue weighted by Crippen LogP contribution is 2.33. The Morgan fingerprint density at radius 3 is 2.28 bits per heavy atom. The van der Waals surface area contributed by atoms with E-state index in [1.165, 1.54) is 5.56 Å². The third-order valence-electron chi connectivity index (χ3n) is 3.58. The lowest BCUT2D eigenvalue weighted by Gasteiger charge is -2.25. The lowest BCUT2D eigenvalue weighted by Crippen LogP contribution is -2.31. The fraction of sp³-hybridized carbons (Fsp3) is 0.600. The summed E-state index contributed by atoms with van der Waals surface area (Å²) in [5.41, 5.74) is 0.563. The second kappa shape index (κ2) is 5.98. The van der Waals surface area contributed by atoms with Crippen molar-refractivity contribution in [1.82, 2.24) is 0 Å². The van der Waals surface area contributed by atoms with E-state index in [0.717, 1.165) is 13.0 Å². The first-order valence-electron chi connectivity index (χ1n) is 6.63. The van der Waals surface area contributed by atoms with Gasteiger partial charge in [-0.3, -0.25) is 4.79 Å². The van der Waals surface area contributed by atoms with Crippen molar-refractivity contribution in [3.8, 4) is 0 Å². The van der Waals surface area contributed by atoms with Crippen molar-refractivity contribution in [2.24, 2.45) is 5.41 Å². The molecule has 0 aliphatic carbocycles. The Labute approximate surface area is 109 Å². The summed E-state index contributed by atoms with van der Waals surface area (Å²) in [7, 11) is 0. The number of aryl methyl sites for hydroxylation is 1. The topological polar surface area (TPSA) is 41.2 Å². The third-order valence-corrected chi connectivity index (χ3v) is 3.58. The summed E-state index contributed by atoms with van der Waals surface area (Å²) in [4.78, 5) is 11.2. The Morgan fingerprint density at radius 1 is 1.33 bits per heavy atom. The highest BCUT2D eigenvalue weighted by molar-refractivity contribution is 5.73. The molecule has 18 heavy (non-hydrogen) atoms. The second-order valence-corrected chi connectivity index (χ2v) is 5.46. The van der Waals surface area contributed by atoms with E-state index in [9.17, 15) is 9.90 Å². The molecule has 1 unspecified atom stereocenters. The minimum Gasteiger partial charge on any atom is -0.481 e. The molecule has 1 aromatic heterocycles. The molecule has 3 heteroatoms. The van der Waals surface area contributed by atoms with Crippen LogP contribution < -0.4 is 4.57 Å². The van der Waals surface area contributed by atoms with Gasteiger partial charge in [-0.1, -0.05) is 6.92 Å². The van der Waals surface area contributed by atoms with E-state index < -0.39 is 11.4 Å². The number of aliphatic carboxylic acids is 1. The number of pyridine rings is 1. The summed E-state index contributed by atoms with van der Waals surface area (Å²) in [5.74, 6) is -0.414. The van der Waals surface area contributed by atoms with Crippen LogP contribution in [0.1, 0.15) is 52.0 Å². The SMILES string of the molecule is CCC(CC(C)(C)C(=O)O)c1cc[n+](CC)cc1. The van der Waals surface area contributed by atoms with Gasteiger partial charge in [0.15, 0.2) is 12.4 Å². The zero-order chi connectivity index (χ0) is 13.8. The van der Waals surface area contributed by atoms with Crippen molar-refractivity contribution in [2.45, 2.75) is 53.0 Å². The molecule has 100 valence electrons. The molecule has 1 N–H and O–H groups in total. The van der Waals surface area contributed by atoms with Crippen LogP contribution in [0.2, 0.25) is 0 Å². The maximum atomic E-state index is 11.2. The molecule has 1 atom stereocenters. The van der Waals surface area contributed by atoms with Crippen LogP contribution in [0.25, 0.3) is 0 Å². The summed E-state index contributed by atoms with van der Waals surface area (Å²) >= 11 is 0. The second-order valence-electron chi connectivity index (χ2n) is 5.46. The molecule has 0 saturated heterocycles. The van der Waals surface area contributed by atoms with Gasteiger partial charge in [0, 0.05) is 12.1 Å². The van der Waals surface area contributed by atoms with Gasteiger partial charge in [-0.25, -0.2) is 4.57 Å². The van der Waals surface area contributed by atoms with Gasteiger partial charge >= 0.3 is 5.97 Å². The number of hydrogen-bond donors (Lipinski definition) is 1. The van der Waals surface area contributed by atoms with Crippen molar-refractivity contribution in [2.75, 3.05) is 0 Å². The van der Waals surface area contributed by atoms with Crippen LogP contribution >= 0.6 is 0 Å². The molecule has 0 fully saturated rings. The van der Waals surface area contributed by atoms with Gasteiger partial charge in [-0.2, -0.15) is 0 Å². The predicted octanol–water partition coefficient (Wildman–Crippen LogP) is 2.99. The zero-order valence-corrected chi connectivity index (χ0v) is 11.8. The molecule has 0 amide bonds. The van der Waals surface area contributed by atoms with E-state index in [-0.39, 0.29) is 0 Å². The van der Waals surface area contributed by atoms with E-state index in [4.69, 9.17) is 0 Å². The number of carboxylic acids is 1. The Hall–Kier alpha value is -1.38. The average Bonchev–Trinajstić information content (AvgIpc) is 2.36. The Kier molecular flexibility index (Phi) is 4.88. The first-order chi connectivity index (χ1) is 8.40. The van der Waals surface area contributed by atoms with Gasteiger partial charge in [-0.05, 0) is 45.1 Å². The molecule has 0 bridgehead atoms. The largest absolute Gasteiger partial charge is 0.481 e. The molecule has 0 aliphatic heterocycles. The third kappa shape index (κ3) is 3.56. The van der Waals surface area contributed by atoms with E-state index in [1.54, 1.807) is 13.8 Å². The molecule has 0 saturated carbocycles. The number of aromatic nitrogens is 1. The summed E-state index contributed by atoms with van der Waals surface area (Å²) in [6, 6.07) is 4.21. The van der Waals surface area contributed by atoms with E-state index >= 15 is 0 Å². The fourth-order valence-electron chi connectivity index (χ4n) is 2.15. The first kappa shape index (κ1) is 14.7. The maximum Gasteiger partial charge on any atom is 0.309 e. The number of rotatable bonds is 6. The summed E-state index contributed by atoms with van der Waals surface area (Å²) < 4.78 is 2.11. The number of hydrogen-bond acceptors (Lipinski definition) is 1. The molecule has 0 aromatic carbocycles. The van der Waals surface area contributed by atoms with Gasteiger partial charge in [-0.15, -0.1) is 0 Å². The normalized spacial score (nSPS) is 13.3. The van der Waals surface area contributed by atoms with Crippen LogP contribution in [0.3, 0.4) is 0 Å². The zero-order valence-electron chi connectivity index (χ0n) is 11.8. The van der Waals surface area contributed by atoms with Crippen LogP contribution in [0.15, 0.2) is 24.5 Å². The standard InChI is InChI=1S/C15H23NO2/c1-5-12(11-15(3,4)14(17)18)13-7-9-16(6-2)10-8-13/h7-10,12H,5-6,11H2,1-4H3/p+1. The maximum absolute atomic E-state index is 11.2. The number of nitrogens with zero attached hydrogens (tertiary/aromatic N) is 1. The highest BCUT2D eigenvalue weighted by Gasteiger charge is 2.30. The molecular weight excluding hydrogens is 226 g/mol. The predicted molar refractivity (Wildman–Crippen MR) is 71.4 cm³/mol.